The second-order valence-electron chi connectivity index (χ2n) is 3.84. The summed E-state index contributed by atoms with van der Waals surface area (Å²) in [5.74, 6) is 0. The Bertz CT molecular complexity index is 398. The van der Waals surface area contributed by atoms with Gasteiger partial charge in [0.05, 0.1) is 23.4 Å². The fourth-order valence-corrected chi connectivity index (χ4v) is 2.07. The minimum Gasteiger partial charge on any atom is -0.393 e. The molecule has 16 heavy (non-hydrogen) atoms. The van der Waals surface area contributed by atoms with Crippen LogP contribution in [0.2, 0.25) is 0 Å². The van der Waals surface area contributed by atoms with Crippen LogP contribution in [-0.2, 0) is 0 Å². The first-order chi connectivity index (χ1) is 7.54. The molecule has 0 aliphatic carbocycles. The predicted octanol–water partition coefficient (Wildman–Crippen LogP) is 2.53. The molecule has 0 heterocycles. The quantitative estimate of drug-likeness (QED) is 0.923. The number of hydrogen-bond donors (Lipinski definition) is 1. The summed E-state index contributed by atoms with van der Waals surface area (Å²) in [6, 6.07) is 7.59. The molecule has 0 amide bonds. The molecule has 0 aliphatic rings. The smallest absolute Gasteiger partial charge is 0.0992 e. The first kappa shape index (κ1) is 13.0. The molecule has 0 bridgehead atoms. The van der Waals surface area contributed by atoms with Crippen molar-refractivity contribution in [2.75, 3.05) is 18.5 Å². The Morgan fingerprint density at radius 2 is 2.25 bits per heavy atom. The van der Waals surface area contributed by atoms with Crippen LogP contribution >= 0.6 is 15.9 Å². The fraction of sp³-hybridized carbons (Fsp3) is 0.417. The van der Waals surface area contributed by atoms with Crippen molar-refractivity contribution >= 4 is 21.6 Å². The molecule has 0 radical (unpaired) electrons. The normalized spacial score (nSPS) is 11.9. The number of anilines is 1. The van der Waals surface area contributed by atoms with Gasteiger partial charge in [0.2, 0.25) is 0 Å². The minimum atomic E-state index is -0.292. The Labute approximate surface area is 104 Å². The van der Waals surface area contributed by atoms with Gasteiger partial charge in [0, 0.05) is 18.1 Å². The van der Waals surface area contributed by atoms with Crippen LogP contribution in [0.25, 0.3) is 0 Å². The van der Waals surface area contributed by atoms with Gasteiger partial charge < -0.3 is 10.0 Å². The van der Waals surface area contributed by atoms with E-state index in [-0.39, 0.29) is 6.10 Å². The lowest BCUT2D eigenvalue weighted by Gasteiger charge is -2.21. The lowest BCUT2D eigenvalue weighted by molar-refractivity contribution is 0.187. The highest BCUT2D eigenvalue weighted by molar-refractivity contribution is 9.10. The van der Waals surface area contributed by atoms with Crippen LogP contribution in [0.5, 0.6) is 0 Å². The lowest BCUT2D eigenvalue weighted by Crippen LogP contribution is -2.22. The average molecular weight is 283 g/mol. The first-order valence-electron chi connectivity index (χ1n) is 5.13. The largest absolute Gasteiger partial charge is 0.393 e. The molecule has 1 unspecified atom stereocenters. The Morgan fingerprint density at radius 1 is 1.56 bits per heavy atom. The lowest BCUT2D eigenvalue weighted by atomic mass is 10.2. The summed E-state index contributed by atoms with van der Waals surface area (Å²) in [6.07, 6.45) is 0.433. The standard InChI is InChI=1S/C12H15BrN2O/c1-9(16)5-6-15(2)12-4-3-10(8-14)7-11(12)13/h3-4,7,9,16H,5-6H2,1-2H3. The summed E-state index contributed by atoms with van der Waals surface area (Å²) in [6.45, 7) is 2.56. The van der Waals surface area contributed by atoms with E-state index in [2.05, 4.69) is 26.9 Å². The number of aliphatic hydroxyl groups excluding tert-OH is 1. The summed E-state index contributed by atoms with van der Waals surface area (Å²) in [4.78, 5) is 2.05. The molecule has 0 aliphatic heterocycles. The zero-order valence-electron chi connectivity index (χ0n) is 9.44. The third kappa shape index (κ3) is 3.51. The van der Waals surface area contributed by atoms with Gasteiger partial charge in [0.1, 0.15) is 0 Å². The van der Waals surface area contributed by atoms with Crippen LogP contribution in [-0.4, -0.2) is 24.8 Å². The van der Waals surface area contributed by atoms with Gasteiger partial charge >= 0.3 is 0 Å². The third-order valence-electron chi connectivity index (χ3n) is 2.37. The van der Waals surface area contributed by atoms with Crippen molar-refractivity contribution in [2.45, 2.75) is 19.4 Å². The van der Waals surface area contributed by atoms with Crippen molar-refractivity contribution in [3.05, 3.63) is 28.2 Å². The topological polar surface area (TPSA) is 47.3 Å². The molecular weight excluding hydrogens is 268 g/mol. The Kier molecular flexibility index (Phi) is 4.78. The van der Waals surface area contributed by atoms with Crippen LogP contribution in [0.4, 0.5) is 5.69 Å². The van der Waals surface area contributed by atoms with Crippen molar-refractivity contribution in [2.24, 2.45) is 0 Å². The van der Waals surface area contributed by atoms with Crippen LogP contribution < -0.4 is 4.90 Å². The highest BCUT2D eigenvalue weighted by Crippen LogP contribution is 2.26. The maximum Gasteiger partial charge on any atom is 0.0992 e. The zero-order chi connectivity index (χ0) is 12.1. The Hall–Kier alpha value is -1.05. The summed E-state index contributed by atoms with van der Waals surface area (Å²) < 4.78 is 0.902. The van der Waals surface area contributed by atoms with Gasteiger partial charge in [-0.1, -0.05) is 0 Å². The van der Waals surface area contributed by atoms with Crippen molar-refractivity contribution < 1.29 is 5.11 Å². The van der Waals surface area contributed by atoms with Crippen LogP contribution in [0.15, 0.2) is 22.7 Å². The number of hydrogen-bond acceptors (Lipinski definition) is 3. The molecule has 0 aromatic heterocycles. The summed E-state index contributed by atoms with van der Waals surface area (Å²) in [7, 11) is 1.97. The Morgan fingerprint density at radius 3 is 2.75 bits per heavy atom. The Balaban J connectivity index is 2.76. The van der Waals surface area contributed by atoms with E-state index in [9.17, 15) is 5.11 Å². The van der Waals surface area contributed by atoms with E-state index < -0.39 is 0 Å². The maximum atomic E-state index is 9.22. The van der Waals surface area contributed by atoms with Crippen LogP contribution in [0.3, 0.4) is 0 Å². The fourth-order valence-electron chi connectivity index (χ4n) is 1.39. The molecule has 1 N–H and O–H groups in total. The molecule has 3 nitrogen and oxygen atoms in total. The van der Waals surface area contributed by atoms with Gasteiger partial charge in [-0.25, -0.2) is 0 Å². The van der Waals surface area contributed by atoms with Crippen molar-refractivity contribution in [1.29, 1.82) is 5.26 Å². The van der Waals surface area contributed by atoms with Crippen molar-refractivity contribution in [1.82, 2.24) is 0 Å². The molecule has 4 heteroatoms. The molecule has 1 rings (SSSR count). The van der Waals surface area contributed by atoms with E-state index in [0.717, 1.165) is 23.1 Å². The molecule has 86 valence electrons. The van der Waals surface area contributed by atoms with Crippen molar-refractivity contribution in [3.63, 3.8) is 0 Å². The number of rotatable bonds is 4. The van der Waals surface area contributed by atoms with E-state index in [1.807, 2.05) is 13.1 Å². The van der Waals surface area contributed by atoms with Gasteiger partial charge in [-0.15, -0.1) is 0 Å². The van der Waals surface area contributed by atoms with Crippen LogP contribution in [0.1, 0.15) is 18.9 Å². The molecule has 0 fully saturated rings. The molecular formula is C12H15BrN2O. The number of nitriles is 1. The molecule has 0 saturated heterocycles. The average Bonchev–Trinajstić information content (AvgIpc) is 2.25. The van der Waals surface area contributed by atoms with Gasteiger partial charge in [-0.05, 0) is 47.5 Å². The molecule has 1 atom stereocenters. The number of aliphatic hydroxyl groups is 1. The summed E-state index contributed by atoms with van der Waals surface area (Å²) >= 11 is 3.44. The second-order valence-corrected chi connectivity index (χ2v) is 4.69. The van der Waals surface area contributed by atoms with Gasteiger partial charge in [0.25, 0.3) is 0 Å². The van der Waals surface area contributed by atoms with Crippen molar-refractivity contribution in [3.8, 4) is 6.07 Å². The highest BCUT2D eigenvalue weighted by Gasteiger charge is 2.07. The van der Waals surface area contributed by atoms with E-state index in [4.69, 9.17) is 5.26 Å². The zero-order valence-corrected chi connectivity index (χ0v) is 11.0. The van der Waals surface area contributed by atoms with Gasteiger partial charge in [-0.2, -0.15) is 5.26 Å². The number of benzene rings is 1. The first-order valence-corrected chi connectivity index (χ1v) is 5.92. The number of nitrogens with zero attached hydrogens (tertiary/aromatic N) is 2. The van der Waals surface area contributed by atoms with E-state index in [1.54, 1.807) is 19.1 Å². The highest BCUT2D eigenvalue weighted by atomic mass is 79.9. The monoisotopic (exact) mass is 282 g/mol. The van der Waals surface area contributed by atoms with Gasteiger partial charge in [-0.3, -0.25) is 0 Å². The van der Waals surface area contributed by atoms with E-state index in [1.165, 1.54) is 0 Å². The maximum absolute atomic E-state index is 9.22. The van der Waals surface area contributed by atoms with Crippen LogP contribution in [0, 0.1) is 11.3 Å². The molecule has 0 saturated carbocycles. The number of halogens is 1. The molecule has 0 spiro atoms. The van der Waals surface area contributed by atoms with E-state index in [0.29, 0.717) is 5.56 Å². The molecule has 1 aromatic rings. The van der Waals surface area contributed by atoms with Gasteiger partial charge in [0.15, 0.2) is 0 Å². The third-order valence-corrected chi connectivity index (χ3v) is 3.01. The van der Waals surface area contributed by atoms with E-state index >= 15 is 0 Å². The summed E-state index contributed by atoms with van der Waals surface area (Å²) in [5, 5.41) is 18.0. The molecule has 1 aromatic carbocycles. The SMILES string of the molecule is CC(O)CCN(C)c1ccc(C#N)cc1Br. The minimum absolute atomic E-state index is 0.292. The predicted molar refractivity (Wildman–Crippen MR) is 68.4 cm³/mol. The summed E-state index contributed by atoms with van der Waals surface area (Å²) in [5.41, 5.74) is 1.67. The second kappa shape index (κ2) is 5.88.